The van der Waals surface area contributed by atoms with Gasteiger partial charge in [-0.3, -0.25) is 0 Å². The third kappa shape index (κ3) is 2.85. The third-order valence-corrected chi connectivity index (χ3v) is 3.14. The molecule has 98 valence electrons. The number of hydrogen-bond acceptors (Lipinski definition) is 3. The van der Waals surface area contributed by atoms with Crippen molar-refractivity contribution in [3.05, 3.63) is 35.4 Å². The van der Waals surface area contributed by atoms with Crippen molar-refractivity contribution < 1.29 is 14.6 Å². The van der Waals surface area contributed by atoms with E-state index in [0.29, 0.717) is 6.42 Å². The van der Waals surface area contributed by atoms with E-state index in [1.54, 1.807) is 7.11 Å². The van der Waals surface area contributed by atoms with Gasteiger partial charge >= 0.3 is 0 Å². The van der Waals surface area contributed by atoms with Crippen molar-refractivity contribution in [2.24, 2.45) is 0 Å². The van der Waals surface area contributed by atoms with E-state index in [1.807, 2.05) is 12.1 Å². The van der Waals surface area contributed by atoms with Gasteiger partial charge in [0.2, 0.25) is 0 Å². The number of ether oxygens (including phenoxy) is 2. The van der Waals surface area contributed by atoms with E-state index in [9.17, 15) is 0 Å². The van der Waals surface area contributed by atoms with Gasteiger partial charge in [-0.05, 0) is 37.3 Å². The summed E-state index contributed by atoms with van der Waals surface area (Å²) in [5, 5.41) is 8.76. The fraction of sp³-hybridized carbons (Fsp3) is 0.467. The summed E-state index contributed by atoms with van der Waals surface area (Å²) in [5.74, 6) is 1.87. The molecule has 0 fully saturated rings. The quantitative estimate of drug-likeness (QED) is 0.814. The molecule has 0 atom stereocenters. The predicted molar refractivity (Wildman–Crippen MR) is 71.4 cm³/mol. The van der Waals surface area contributed by atoms with E-state index >= 15 is 0 Å². The first-order valence-corrected chi connectivity index (χ1v) is 6.44. The van der Waals surface area contributed by atoms with E-state index in [1.165, 1.54) is 5.56 Å². The molecule has 1 aliphatic rings. The van der Waals surface area contributed by atoms with E-state index < -0.39 is 0 Å². The van der Waals surface area contributed by atoms with Crippen LogP contribution in [0, 0.1) is 0 Å². The summed E-state index contributed by atoms with van der Waals surface area (Å²) in [7, 11) is 1.69. The van der Waals surface area contributed by atoms with Crippen LogP contribution in [0.4, 0.5) is 0 Å². The van der Waals surface area contributed by atoms with Gasteiger partial charge in [0, 0.05) is 12.2 Å². The highest BCUT2D eigenvalue weighted by atomic mass is 16.5. The Kier molecular flexibility index (Phi) is 4.65. The molecule has 0 aromatic heterocycles. The molecule has 2 rings (SSSR count). The maximum absolute atomic E-state index is 8.76. The molecule has 0 unspecified atom stereocenters. The first-order valence-electron chi connectivity index (χ1n) is 6.44. The zero-order valence-electron chi connectivity index (χ0n) is 10.8. The molecule has 3 nitrogen and oxygen atoms in total. The molecule has 1 aromatic rings. The smallest absolute Gasteiger partial charge is 0.129 e. The molecule has 18 heavy (non-hydrogen) atoms. The fourth-order valence-corrected chi connectivity index (χ4v) is 2.25. The number of aliphatic hydroxyl groups is 1. The van der Waals surface area contributed by atoms with E-state index in [2.05, 4.69) is 12.1 Å². The van der Waals surface area contributed by atoms with Crippen molar-refractivity contribution in [1.29, 1.82) is 0 Å². The van der Waals surface area contributed by atoms with Gasteiger partial charge in [-0.15, -0.1) is 0 Å². The van der Waals surface area contributed by atoms with Crippen molar-refractivity contribution in [1.82, 2.24) is 0 Å². The lowest BCUT2D eigenvalue weighted by Gasteiger charge is -2.21. The van der Waals surface area contributed by atoms with Gasteiger partial charge in [0.05, 0.1) is 13.7 Å². The van der Waals surface area contributed by atoms with Crippen LogP contribution in [0.25, 0.3) is 0 Å². The average Bonchev–Trinajstić information content (AvgIpc) is 2.43. The molecule has 0 aliphatic carbocycles. The highest BCUT2D eigenvalue weighted by Crippen LogP contribution is 2.35. The van der Waals surface area contributed by atoms with Gasteiger partial charge in [-0.2, -0.15) is 0 Å². The molecule has 1 aromatic carbocycles. The zero-order chi connectivity index (χ0) is 12.8. The second-order valence-electron chi connectivity index (χ2n) is 4.37. The average molecular weight is 248 g/mol. The van der Waals surface area contributed by atoms with Crippen LogP contribution in [0.3, 0.4) is 0 Å². The molecular weight excluding hydrogens is 228 g/mol. The van der Waals surface area contributed by atoms with Gasteiger partial charge in [-0.1, -0.05) is 18.2 Å². The highest BCUT2D eigenvalue weighted by molar-refractivity contribution is 5.51. The standard InChI is InChI=1S/C15H20O3/c1-17-14-9-8-12-6-5-11-18-15(12)13(14)7-3-2-4-10-16/h2-3,8-9,16H,4-7,10-11H2,1H3. The lowest BCUT2D eigenvalue weighted by molar-refractivity contribution is 0.282. The van der Waals surface area contributed by atoms with Gasteiger partial charge in [0.1, 0.15) is 11.5 Å². The predicted octanol–water partition coefficient (Wildman–Crippen LogP) is 2.50. The number of methoxy groups -OCH3 is 1. The number of aliphatic hydroxyl groups excluding tert-OH is 1. The number of rotatable bonds is 5. The lowest BCUT2D eigenvalue weighted by Crippen LogP contribution is -2.11. The number of benzene rings is 1. The van der Waals surface area contributed by atoms with Gasteiger partial charge < -0.3 is 14.6 Å². The number of hydrogen-bond donors (Lipinski definition) is 1. The van der Waals surface area contributed by atoms with Crippen LogP contribution in [0.5, 0.6) is 11.5 Å². The van der Waals surface area contributed by atoms with E-state index in [0.717, 1.165) is 42.9 Å². The van der Waals surface area contributed by atoms with Crippen molar-refractivity contribution in [2.45, 2.75) is 25.7 Å². The first kappa shape index (κ1) is 13.0. The van der Waals surface area contributed by atoms with E-state index in [-0.39, 0.29) is 6.61 Å². The largest absolute Gasteiger partial charge is 0.496 e. The molecule has 0 saturated heterocycles. The first-order chi connectivity index (χ1) is 8.86. The Morgan fingerprint density at radius 1 is 1.39 bits per heavy atom. The van der Waals surface area contributed by atoms with Crippen LogP contribution in [0.1, 0.15) is 24.0 Å². The van der Waals surface area contributed by atoms with Crippen molar-refractivity contribution >= 4 is 0 Å². The second kappa shape index (κ2) is 6.45. The van der Waals surface area contributed by atoms with Crippen LogP contribution in [0.15, 0.2) is 24.3 Å². The number of allylic oxidation sites excluding steroid dienone is 1. The van der Waals surface area contributed by atoms with Crippen LogP contribution < -0.4 is 9.47 Å². The molecular formula is C15H20O3. The lowest BCUT2D eigenvalue weighted by atomic mass is 9.99. The van der Waals surface area contributed by atoms with Crippen LogP contribution >= 0.6 is 0 Å². The molecule has 0 saturated carbocycles. The number of aryl methyl sites for hydroxylation is 1. The SMILES string of the molecule is COc1ccc2c(c1CC=CCCO)OCCC2. The van der Waals surface area contributed by atoms with Crippen molar-refractivity contribution in [2.75, 3.05) is 20.3 Å². The Morgan fingerprint density at radius 3 is 3.06 bits per heavy atom. The van der Waals surface area contributed by atoms with Gasteiger partial charge in [0.15, 0.2) is 0 Å². The van der Waals surface area contributed by atoms with Crippen LogP contribution in [0.2, 0.25) is 0 Å². The minimum Gasteiger partial charge on any atom is -0.496 e. The van der Waals surface area contributed by atoms with Crippen molar-refractivity contribution in [3.63, 3.8) is 0 Å². The second-order valence-corrected chi connectivity index (χ2v) is 4.37. The molecule has 0 radical (unpaired) electrons. The summed E-state index contributed by atoms with van der Waals surface area (Å²) in [5.41, 5.74) is 2.39. The summed E-state index contributed by atoms with van der Waals surface area (Å²) >= 11 is 0. The molecule has 0 amide bonds. The minimum atomic E-state index is 0.191. The number of fused-ring (bicyclic) bond motifs is 1. The van der Waals surface area contributed by atoms with Gasteiger partial charge in [0.25, 0.3) is 0 Å². The van der Waals surface area contributed by atoms with E-state index in [4.69, 9.17) is 14.6 Å². The van der Waals surface area contributed by atoms with Crippen LogP contribution in [-0.4, -0.2) is 25.4 Å². The van der Waals surface area contributed by atoms with Gasteiger partial charge in [-0.25, -0.2) is 0 Å². The highest BCUT2D eigenvalue weighted by Gasteiger charge is 2.17. The third-order valence-electron chi connectivity index (χ3n) is 3.14. The zero-order valence-corrected chi connectivity index (χ0v) is 10.8. The Labute approximate surface area is 108 Å². The summed E-state index contributed by atoms with van der Waals surface area (Å²) < 4.78 is 11.2. The normalized spacial score (nSPS) is 14.3. The Balaban J connectivity index is 2.24. The summed E-state index contributed by atoms with van der Waals surface area (Å²) in [6.45, 7) is 0.977. The summed E-state index contributed by atoms with van der Waals surface area (Å²) in [4.78, 5) is 0. The molecule has 1 aliphatic heterocycles. The molecule has 1 N–H and O–H groups in total. The maximum atomic E-state index is 8.76. The molecule has 0 bridgehead atoms. The monoisotopic (exact) mass is 248 g/mol. The Bertz CT molecular complexity index is 424. The maximum Gasteiger partial charge on any atom is 0.129 e. The molecule has 3 heteroatoms. The topological polar surface area (TPSA) is 38.7 Å². The Hall–Kier alpha value is -1.48. The fourth-order valence-electron chi connectivity index (χ4n) is 2.25. The molecule has 1 heterocycles. The minimum absolute atomic E-state index is 0.191. The summed E-state index contributed by atoms with van der Waals surface area (Å²) in [6.07, 6.45) is 7.68. The molecule has 0 spiro atoms. The van der Waals surface area contributed by atoms with Crippen molar-refractivity contribution in [3.8, 4) is 11.5 Å². The summed E-state index contributed by atoms with van der Waals surface area (Å²) in [6, 6.07) is 4.11. The Morgan fingerprint density at radius 2 is 2.28 bits per heavy atom. The van der Waals surface area contributed by atoms with Crippen LogP contribution in [-0.2, 0) is 12.8 Å².